The van der Waals surface area contributed by atoms with E-state index < -0.39 is 0 Å². The van der Waals surface area contributed by atoms with Gasteiger partial charge in [-0.1, -0.05) is 24.6 Å². The maximum absolute atomic E-state index is 12.5. The minimum atomic E-state index is -0.129. The lowest BCUT2D eigenvalue weighted by Gasteiger charge is -2.26. The van der Waals surface area contributed by atoms with Crippen molar-refractivity contribution in [3.8, 4) is 5.69 Å². The molecule has 108 valence electrons. The van der Waals surface area contributed by atoms with Gasteiger partial charge in [0.25, 0.3) is 5.56 Å². The Balaban J connectivity index is 1.97. The van der Waals surface area contributed by atoms with Crippen LogP contribution in [0.25, 0.3) is 5.69 Å². The second-order valence-electron chi connectivity index (χ2n) is 5.67. The van der Waals surface area contributed by atoms with Crippen molar-refractivity contribution in [2.75, 3.05) is 13.1 Å². The first-order chi connectivity index (χ1) is 10.2. The standard InChI is InChI=1S/C16H20BN3O/c1-18-14(12-19-10-6-3-7-11-19)15(17)16(21)20(18)13-8-4-2-5-9-13/h2,4-5,8-9H,3,6-7,10-12H2,1H3. The second kappa shape index (κ2) is 5.94. The van der Waals surface area contributed by atoms with Crippen molar-refractivity contribution in [2.45, 2.75) is 25.8 Å². The first-order valence-corrected chi connectivity index (χ1v) is 7.52. The van der Waals surface area contributed by atoms with Crippen LogP contribution in [-0.4, -0.2) is 35.2 Å². The fraction of sp³-hybridized carbons (Fsp3) is 0.438. The summed E-state index contributed by atoms with van der Waals surface area (Å²) in [6.07, 6.45) is 3.76. The second-order valence-corrected chi connectivity index (χ2v) is 5.67. The molecular weight excluding hydrogens is 261 g/mol. The largest absolute Gasteiger partial charge is 0.298 e. The van der Waals surface area contributed by atoms with Gasteiger partial charge in [-0.25, -0.2) is 4.68 Å². The monoisotopic (exact) mass is 281 g/mol. The molecule has 21 heavy (non-hydrogen) atoms. The zero-order valence-electron chi connectivity index (χ0n) is 12.5. The number of para-hydroxylation sites is 1. The van der Waals surface area contributed by atoms with Crippen LogP contribution in [0.4, 0.5) is 0 Å². The molecule has 2 aromatic rings. The molecule has 0 amide bonds. The summed E-state index contributed by atoms with van der Waals surface area (Å²) in [7, 11) is 7.98. The lowest BCUT2D eigenvalue weighted by atomic mass is 9.96. The number of benzene rings is 1. The molecule has 0 unspecified atom stereocenters. The Morgan fingerprint density at radius 3 is 2.43 bits per heavy atom. The van der Waals surface area contributed by atoms with Crippen molar-refractivity contribution in [3.05, 3.63) is 46.4 Å². The quantitative estimate of drug-likeness (QED) is 0.784. The lowest BCUT2D eigenvalue weighted by molar-refractivity contribution is 0.215. The van der Waals surface area contributed by atoms with Gasteiger partial charge in [0.1, 0.15) is 7.85 Å². The Morgan fingerprint density at radius 1 is 1.10 bits per heavy atom. The molecule has 4 nitrogen and oxygen atoms in total. The summed E-state index contributed by atoms with van der Waals surface area (Å²) in [4.78, 5) is 14.8. The number of rotatable bonds is 3. The van der Waals surface area contributed by atoms with Gasteiger partial charge >= 0.3 is 0 Å². The van der Waals surface area contributed by atoms with Crippen LogP contribution in [0.15, 0.2) is 35.1 Å². The molecule has 1 aliphatic heterocycles. The van der Waals surface area contributed by atoms with E-state index in [9.17, 15) is 4.79 Å². The van der Waals surface area contributed by atoms with E-state index in [0.29, 0.717) is 5.46 Å². The Hall–Kier alpha value is -1.75. The van der Waals surface area contributed by atoms with Crippen LogP contribution in [0.2, 0.25) is 0 Å². The third-order valence-corrected chi connectivity index (χ3v) is 4.25. The molecule has 2 heterocycles. The first-order valence-electron chi connectivity index (χ1n) is 7.52. The summed E-state index contributed by atoms with van der Waals surface area (Å²) in [5, 5.41) is 0. The SMILES string of the molecule is [B]c1c(CN2CCCCC2)n(C)n(-c2ccccc2)c1=O. The molecule has 0 atom stereocenters. The summed E-state index contributed by atoms with van der Waals surface area (Å²) >= 11 is 0. The smallest absolute Gasteiger partial charge is 0.264 e. The van der Waals surface area contributed by atoms with Crippen molar-refractivity contribution < 1.29 is 0 Å². The molecule has 5 heteroatoms. The predicted octanol–water partition coefficient (Wildman–Crippen LogP) is 0.956. The van der Waals surface area contributed by atoms with Crippen LogP contribution in [-0.2, 0) is 13.6 Å². The van der Waals surface area contributed by atoms with Gasteiger partial charge in [0.15, 0.2) is 0 Å². The molecule has 0 spiro atoms. The van der Waals surface area contributed by atoms with Crippen LogP contribution in [0.5, 0.6) is 0 Å². The zero-order chi connectivity index (χ0) is 14.8. The molecule has 1 aliphatic rings. The number of aromatic nitrogens is 2. The summed E-state index contributed by atoms with van der Waals surface area (Å²) in [6, 6.07) is 9.64. The summed E-state index contributed by atoms with van der Waals surface area (Å²) in [5.74, 6) is 0. The van der Waals surface area contributed by atoms with E-state index in [0.717, 1.165) is 31.0 Å². The number of hydrogen-bond donors (Lipinski definition) is 0. The summed E-state index contributed by atoms with van der Waals surface area (Å²) in [5.41, 5.74) is 2.00. The van der Waals surface area contributed by atoms with Crippen molar-refractivity contribution in [2.24, 2.45) is 7.05 Å². The fourth-order valence-electron chi connectivity index (χ4n) is 3.05. The number of piperidine rings is 1. The molecule has 1 saturated heterocycles. The highest BCUT2D eigenvalue weighted by atomic mass is 16.1. The van der Waals surface area contributed by atoms with Crippen molar-refractivity contribution in [3.63, 3.8) is 0 Å². The topological polar surface area (TPSA) is 30.2 Å². The van der Waals surface area contributed by atoms with Crippen LogP contribution < -0.4 is 11.0 Å². The van der Waals surface area contributed by atoms with Crippen molar-refractivity contribution >= 4 is 13.3 Å². The van der Waals surface area contributed by atoms with Crippen LogP contribution in [0.1, 0.15) is 25.0 Å². The molecule has 0 bridgehead atoms. The van der Waals surface area contributed by atoms with Crippen molar-refractivity contribution in [1.29, 1.82) is 0 Å². The molecule has 1 aromatic carbocycles. The molecular formula is C16H20BN3O. The lowest BCUT2D eigenvalue weighted by Crippen LogP contribution is -2.33. The van der Waals surface area contributed by atoms with Gasteiger partial charge in [-0.15, -0.1) is 0 Å². The highest BCUT2D eigenvalue weighted by Crippen LogP contribution is 2.12. The summed E-state index contributed by atoms with van der Waals surface area (Å²) in [6.45, 7) is 2.92. The number of likely N-dealkylation sites (tertiary alicyclic amines) is 1. The predicted molar refractivity (Wildman–Crippen MR) is 85.5 cm³/mol. The van der Waals surface area contributed by atoms with Gasteiger partial charge in [0.05, 0.1) is 5.69 Å². The normalized spacial score (nSPS) is 16.2. The molecule has 1 fully saturated rings. The molecule has 2 radical (unpaired) electrons. The Kier molecular flexibility index (Phi) is 4.02. The summed E-state index contributed by atoms with van der Waals surface area (Å²) < 4.78 is 3.54. The average Bonchev–Trinajstić information content (AvgIpc) is 2.73. The van der Waals surface area contributed by atoms with E-state index in [1.807, 2.05) is 42.1 Å². The van der Waals surface area contributed by atoms with Gasteiger partial charge in [0.2, 0.25) is 0 Å². The van der Waals surface area contributed by atoms with E-state index in [1.165, 1.54) is 19.3 Å². The van der Waals surface area contributed by atoms with E-state index >= 15 is 0 Å². The zero-order valence-corrected chi connectivity index (χ0v) is 12.5. The van der Waals surface area contributed by atoms with E-state index in [1.54, 1.807) is 4.68 Å². The maximum Gasteiger partial charge on any atom is 0.264 e. The van der Waals surface area contributed by atoms with Crippen LogP contribution in [0, 0.1) is 0 Å². The van der Waals surface area contributed by atoms with Crippen molar-refractivity contribution in [1.82, 2.24) is 14.3 Å². The minimum absolute atomic E-state index is 0.129. The van der Waals surface area contributed by atoms with Gasteiger partial charge in [-0.3, -0.25) is 14.4 Å². The third-order valence-electron chi connectivity index (χ3n) is 4.25. The Bertz CT molecular complexity index is 669. The molecule has 0 aliphatic carbocycles. The molecule has 0 saturated carbocycles. The molecule has 0 N–H and O–H groups in total. The number of hydrogen-bond acceptors (Lipinski definition) is 2. The van der Waals surface area contributed by atoms with E-state index in [4.69, 9.17) is 7.85 Å². The van der Waals surface area contributed by atoms with Gasteiger partial charge in [0, 0.05) is 19.3 Å². The Labute approximate surface area is 126 Å². The fourth-order valence-corrected chi connectivity index (χ4v) is 3.05. The third kappa shape index (κ3) is 2.70. The Morgan fingerprint density at radius 2 is 1.76 bits per heavy atom. The van der Waals surface area contributed by atoms with E-state index in [-0.39, 0.29) is 5.56 Å². The van der Waals surface area contributed by atoms with Crippen LogP contribution >= 0.6 is 0 Å². The molecule has 3 rings (SSSR count). The minimum Gasteiger partial charge on any atom is -0.298 e. The van der Waals surface area contributed by atoms with Gasteiger partial charge < -0.3 is 0 Å². The number of nitrogens with zero attached hydrogens (tertiary/aromatic N) is 3. The van der Waals surface area contributed by atoms with E-state index in [2.05, 4.69) is 4.90 Å². The van der Waals surface area contributed by atoms with Crippen LogP contribution in [0.3, 0.4) is 0 Å². The first kappa shape index (κ1) is 14.2. The molecule has 1 aromatic heterocycles. The van der Waals surface area contributed by atoms with Gasteiger partial charge in [-0.05, 0) is 43.5 Å². The van der Waals surface area contributed by atoms with Gasteiger partial charge in [-0.2, -0.15) is 0 Å². The average molecular weight is 281 g/mol. The highest BCUT2D eigenvalue weighted by Gasteiger charge is 2.18. The highest BCUT2D eigenvalue weighted by molar-refractivity contribution is 6.32. The maximum atomic E-state index is 12.5.